The third-order valence-electron chi connectivity index (χ3n) is 6.44. The molecule has 1 aliphatic rings. The van der Waals surface area contributed by atoms with Crippen LogP contribution in [0.1, 0.15) is 129 Å². The predicted octanol–water partition coefficient (Wildman–Crippen LogP) is 7.99. The van der Waals surface area contributed by atoms with Crippen LogP contribution in [-0.2, 0) is 4.79 Å². The van der Waals surface area contributed by atoms with E-state index < -0.39 is 5.97 Å². The van der Waals surface area contributed by atoms with Gasteiger partial charge in [-0.05, 0) is 18.3 Å². The molecule has 26 heavy (non-hydrogen) atoms. The van der Waals surface area contributed by atoms with Crippen molar-refractivity contribution >= 4 is 5.97 Å². The summed E-state index contributed by atoms with van der Waals surface area (Å²) in [6.45, 7) is 4.16. The maximum Gasteiger partial charge on any atom is 0.306 e. The molecule has 2 nitrogen and oxygen atoms in total. The number of carboxylic acid groups (broad SMARTS) is 1. The summed E-state index contributed by atoms with van der Waals surface area (Å²) in [4.78, 5) is 10.9. The summed E-state index contributed by atoms with van der Waals surface area (Å²) in [5, 5.41) is 9.02. The minimum absolute atomic E-state index is 0.124. The number of aliphatic carboxylic acids is 1. The molecule has 0 heterocycles. The molecule has 154 valence electrons. The van der Waals surface area contributed by atoms with Crippen molar-refractivity contribution in [3.05, 3.63) is 0 Å². The van der Waals surface area contributed by atoms with Crippen molar-refractivity contribution in [2.45, 2.75) is 129 Å². The average molecular weight is 367 g/mol. The van der Waals surface area contributed by atoms with Gasteiger partial charge in [0, 0.05) is 0 Å². The topological polar surface area (TPSA) is 37.3 Å². The molecule has 0 aromatic carbocycles. The van der Waals surface area contributed by atoms with Gasteiger partial charge >= 0.3 is 5.97 Å². The number of carbonyl (C=O) groups is 1. The molecule has 0 aromatic rings. The van der Waals surface area contributed by atoms with E-state index in [-0.39, 0.29) is 5.92 Å². The second kappa shape index (κ2) is 15.5. The lowest BCUT2D eigenvalue weighted by atomic mass is 10.0. The molecule has 1 N–H and O–H groups in total. The van der Waals surface area contributed by atoms with Crippen LogP contribution >= 0.6 is 0 Å². The van der Waals surface area contributed by atoms with Gasteiger partial charge in [-0.25, -0.2) is 0 Å². The van der Waals surface area contributed by atoms with E-state index in [0.29, 0.717) is 11.8 Å². The first-order valence-electron chi connectivity index (χ1n) is 11.9. The third kappa shape index (κ3) is 12.0. The van der Waals surface area contributed by atoms with Gasteiger partial charge in [0.1, 0.15) is 0 Å². The molecule has 1 saturated carbocycles. The van der Waals surface area contributed by atoms with Crippen molar-refractivity contribution in [1.29, 1.82) is 0 Å². The van der Waals surface area contributed by atoms with Crippen LogP contribution < -0.4 is 0 Å². The highest BCUT2D eigenvalue weighted by molar-refractivity contribution is 5.70. The monoisotopic (exact) mass is 366 g/mol. The van der Waals surface area contributed by atoms with Crippen LogP contribution in [0.2, 0.25) is 0 Å². The first-order chi connectivity index (χ1) is 12.7. The van der Waals surface area contributed by atoms with E-state index >= 15 is 0 Å². The summed E-state index contributed by atoms with van der Waals surface area (Å²) >= 11 is 0. The Hall–Kier alpha value is -0.530. The van der Waals surface area contributed by atoms with Gasteiger partial charge in [0.2, 0.25) is 0 Å². The minimum Gasteiger partial charge on any atom is -0.481 e. The zero-order chi connectivity index (χ0) is 19.0. The SMILES string of the molecule is CCCCCCCCCCCCCCCCCCC1CC1C(C)C(=O)O. The van der Waals surface area contributed by atoms with Crippen molar-refractivity contribution in [2.24, 2.45) is 17.8 Å². The van der Waals surface area contributed by atoms with Crippen LogP contribution in [-0.4, -0.2) is 11.1 Å². The largest absolute Gasteiger partial charge is 0.481 e. The molecule has 1 rings (SSSR count). The fourth-order valence-corrected chi connectivity index (χ4v) is 4.35. The molecule has 0 aliphatic heterocycles. The van der Waals surface area contributed by atoms with E-state index in [1.54, 1.807) is 0 Å². The Labute approximate surface area is 163 Å². The Bertz CT molecular complexity index is 339. The minimum atomic E-state index is -0.607. The number of rotatable bonds is 19. The summed E-state index contributed by atoms with van der Waals surface area (Å²) in [6, 6.07) is 0. The fraction of sp³-hybridized carbons (Fsp3) is 0.958. The standard InChI is InChI=1S/C24H46O2/c1-3-4-5-6-7-8-9-10-11-12-13-14-15-16-17-18-19-22-20-23(22)21(2)24(25)26/h21-23H,3-20H2,1-2H3,(H,25,26). The molecular formula is C24H46O2. The second-order valence-electron chi connectivity index (χ2n) is 8.88. The lowest BCUT2D eigenvalue weighted by Crippen LogP contribution is -2.12. The number of unbranched alkanes of at least 4 members (excludes halogenated alkanes) is 15. The quantitative estimate of drug-likeness (QED) is 0.235. The van der Waals surface area contributed by atoms with Gasteiger partial charge in [-0.15, -0.1) is 0 Å². The van der Waals surface area contributed by atoms with E-state index in [0.717, 1.165) is 6.42 Å². The van der Waals surface area contributed by atoms with E-state index in [1.807, 2.05) is 6.92 Å². The Kier molecular flexibility index (Phi) is 14.0. The third-order valence-corrected chi connectivity index (χ3v) is 6.44. The number of hydrogen-bond acceptors (Lipinski definition) is 1. The van der Waals surface area contributed by atoms with Crippen molar-refractivity contribution < 1.29 is 9.90 Å². The lowest BCUT2D eigenvalue weighted by molar-refractivity contribution is -0.141. The average Bonchev–Trinajstić information content (AvgIpc) is 3.40. The zero-order valence-corrected chi connectivity index (χ0v) is 17.8. The van der Waals surface area contributed by atoms with E-state index in [4.69, 9.17) is 5.11 Å². The first kappa shape index (κ1) is 23.5. The van der Waals surface area contributed by atoms with Gasteiger partial charge in [0.05, 0.1) is 5.92 Å². The molecule has 2 heteroatoms. The van der Waals surface area contributed by atoms with Gasteiger partial charge in [-0.2, -0.15) is 0 Å². The van der Waals surface area contributed by atoms with E-state index in [9.17, 15) is 4.79 Å². The summed E-state index contributed by atoms with van der Waals surface area (Å²) in [5.41, 5.74) is 0. The molecule has 1 fully saturated rings. The first-order valence-corrected chi connectivity index (χ1v) is 11.9. The van der Waals surface area contributed by atoms with Crippen molar-refractivity contribution in [3.63, 3.8) is 0 Å². The smallest absolute Gasteiger partial charge is 0.306 e. The Morgan fingerprint density at radius 2 is 1.15 bits per heavy atom. The van der Waals surface area contributed by atoms with Crippen LogP contribution in [0.4, 0.5) is 0 Å². The Morgan fingerprint density at radius 1 is 0.769 bits per heavy atom. The molecule has 1 aliphatic carbocycles. The van der Waals surface area contributed by atoms with Crippen LogP contribution in [0, 0.1) is 17.8 Å². The maximum atomic E-state index is 10.9. The van der Waals surface area contributed by atoms with Crippen LogP contribution in [0.15, 0.2) is 0 Å². The van der Waals surface area contributed by atoms with Crippen molar-refractivity contribution in [2.75, 3.05) is 0 Å². The predicted molar refractivity (Wildman–Crippen MR) is 113 cm³/mol. The van der Waals surface area contributed by atoms with Crippen molar-refractivity contribution in [1.82, 2.24) is 0 Å². The van der Waals surface area contributed by atoms with Gasteiger partial charge in [-0.3, -0.25) is 4.79 Å². The number of hydrogen-bond donors (Lipinski definition) is 1. The van der Waals surface area contributed by atoms with Crippen molar-refractivity contribution in [3.8, 4) is 0 Å². The molecular weight excluding hydrogens is 320 g/mol. The Morgan fingerprint density at radius 3 is 1.54 bits per heavy atom. The summed E-state index contributed by atoms with van der Waals surface area (Å²) in [7, 11) is 0. The maximum absolute atomic E-state index is 10.9. The van der Waals surface area contributed by atoms with E-state index in [1.165, 1.54) is 109 Å². The van der Waals surface area contributed by atoms with Crippen LogP contribution in [0.3, 0.4) is 0 Å². The molecule has 0 saturated heterocycles. The summed E-state index contributed by atoms with van der Waals surface area (Å²) < 4.78 is 0. The fourth-order valence-electron chi connectivity index (χ4n) is 4.35. The van der Waals surface area contributed by atoms with E-state index in [2.05, 4.69) is 6.92 Å². The molecule has 3 unspecified atom stereocenters. The molecule has 0 spiro atoms. The summed E-state index contributed by atoms with van der Waals surface area (Å²) in [5.74, 6) is 0.460. The van der Waals surface area contributed by atoms with Gasteiger partial charge in [0.15, 0.2) is 0 Å². The van der Waals surface area contributed by atoms with Gasteiger partial charge in [-0.1, -0.05) is 123 Å². The molecule has 0 radical (unpaired) electrons. The second-order valence-corrected chi connectivity index (χ2v) is 8.88. The highest BCUT2D eigenvalue weighted by Crippen LogP contribution is 2.47. The normalized spacial score (nSPS) is 20.2. The zero-order valence-electron chi connectivity index (χ0n) is 17.8. The molecule has 0 aromatic heterocycles. The number of carboxylic acids is 1. The highest BCUT2D eigenvalue weighted by Gasteiger charge is 2.42. The molecule has 3 atom stereocenters. The lowest BCUT2D eigenvalue weighted by Gasteiger charge is -2.05. The summed E-state index contributed by atoms with van der Waals surface area (Å²) in [6.07, 6.45) is 25.1. The van der Waals surface area contributed by atoms with Crippen LogP contribution in [0.25, 0.3) is 0 Å². The van der Waals surface area contributed by atoms with Gasteiger partial charge in [0.25, 0.3) is 0 Å². The highest BCUT2D eigenvalue weighted by atomic mass is 16.4. The molecule has 0 bridgehead atoms. The van der Waals surface area contributed by atoms with Crippen LogP contribution in [0.5, 0.6) is 0 Å². The van der Waals surface area contributed by atoms with Gasteiger partial charge < -0.3 is 5.11 Å². The Balaban J connectivity index is 1.71. The molecule has 0 amide bonds.